The summed E-state index contributed by atoms with van der Waals surface area (Å²) in [7, 11) is -3.78. The Balaban J connectivity index is 1.85. The molecule has 0 unspecified atom stereocenters. The van der Waals surface area contributed by atoms with Gasteiger partial charge in [0.05, 0.1) is 10.6 Å². The number of aromatic nitrogens is 1. The molecule has 5 nitrogen and oxygen atoms in total. The lowest BCUT2D eigenvalue weighted by Crippen LogP contribution is -2.14. The maximum Gasteiger partial charge on any atom is 0.263 e. The Bertz CT molecular complexity index is 769. The lowest BCUT2D eigenvalue weighted by Gasteiger charge is -2.07. The van der Waals surface area contributed by atoms with E-state index in [-0.39, 0.29) is 17.0 Å². The van der Waals surface area contributed by atoms with Crippen LogP contribution in [0.2, 0.25) is 0 Å². The summed E-state index contributed by atoms with van der Waals surface area (Å²) in [5, 5.41) is 2.20. The van der Waals surface area contributed by atoms with E-state index in [1.54, 1.807) is 0 Å². The third-order valence-electron chi connectivity index (χ3n) is 3.29. The first-order valence-electron chi connectivity index (χ1n) is 6.46. The monoisotopic (exact) mass is 327 g/mol. The van der Waals surface area contributed by atoms with E-state index in [2.05, 4.69) is 9.71 Å². The second-order valence-corrected chi connectivity index (χ2v) is 7.46. The fraction of sp³-hybridized carbons (Fsp3) is 0.308. The quantitative estimate of drug-likeness (QED) is 0.883. The van der Waals surface area contributed by atoms with Crippen LogP contribution < -0.4 is 10.5 Å². The Labute approximate surface area is 126 Å². The molecule has 0 aliphatic heterocycles. The predicted octanol–water partition coefficient (Wildman–Crippen LogP) is 2.42. The smallest absolute Gasteiger partial charge is 0.263 e. The Morgan fingerprint density at radius 3 is 2.86 bits per heavy atom. The molecule has 0 amide bonds. The number of rotatable bonds is 5. The third-order valence-corrected chi connectivity index (χ3v) is 5.53. The molecule has 1 heterocycles. The molecule has 0 spiro atoms. The topological polar surface area (TPSA) is 85.1 Å². The van der Waals surface area contributed by atoms with Crippen molar-refractivity contribution >= 4 is 26.5 Å². The summed E-state index contributed by atoms with van der Waals surface area (Å²) in [6.07, 6.45) is 2.21. The highest BCUT2D eigenvalue weighted by atomic mass is 32.2. The van der Waals surface area contributed by atoms with E-state index in [4.69, 9.17) is 5.73 Å². The zero-order valence-corrected chi connectivity index (χ0v) is 12.7. The molecule has 0 saturated heterocycles. The molecule has 1 fully saturated rings. The van der Waals surface area contributed by atoms with Crippen molar-refractivity contribution < 1.29 is 12.8 Å². The van der Waals surface area contributed by atoms with Crippen molar-refractivity contribution in [3.63, 3.8) is 0 Å². The zero-order valence-electron chi connectivity index (χ0n) is 11.0. The summed E-state index contributed by atoms with van der Waals surface area (Å²) in [5.41, 5.74) is 6.49. The molecule has 112 valence electrons. The van der Waals surface area contributed by atoms with Crippen molar-refractivity contribution in [3.8, 4) is 0 Å². The van der Waals surface area contributed by atoms with Crippen LogP contribution in [0.25, 0.3) is 0 Å². The van der Waals surface area contributed by atoms with Gasteiger partial charge in [0.2, 0.25) is 0 Å². The van der Waals surface area contributed by atoms with Crippen LogP contribution in [0, 0.1) is 5.82 Å². The molecule has 0 radical (unpaired) electrons. The Morgan fingerprint density at radius 1 is 1.43 bits per heavy atom. The number of halogens is 1. The first-order chi connectivity index (χ1) is 9.99. The maximum absolute atomic E-state index is 13.4. The average Bonchev–Trinajstić information content (AvgIpc) is 3.20. The number of nitrogens with one attached hydrogen (secondary N) is 1. The average molecular weight is 327 g/mol. The minimum atomic E-state index is -3.78. The van der Waals surface area contributed by atoms with E-state index in [1.807, 2.05) is 5.38 Å². The first kappa shape index (κ1) is 14.4. The van der Waals surface area contributed by atoms with Gasteiger partial charge < -0.3 is 5.73 Å². The highest BCUT2D eigenvalue weighted by molar-refractivity contribution is 7.93. The molecule has 3 N–H and O–H groups in total. The molecule has 0 bridgehead atoms. The van der Waals surface area contributed by atoms with Crippen molar-refractivity contribution in [1.29, 1.82) is 0 Å². The highest BCUT2D eigenvalue weighted by Gasteiger charge is 2.27. The van der Waals surface area contributed by atoms with Gasteiger partial charge >= 0.3 is 0 Å². The normalized spacial score (nSPS) is 15.1. The Hall–Kier alpha value is -1.51. The van der Waals surface area contributed by atoms with Crippen LogP contribution in [0.5, 0.6) is 0 Å². The van der Waals surface area contributed by atoms with Crippen LogP contribution in [0.4, 0.5) is 9.52 Å². The van der Waals surface area contributed by atoms with Gasteiger partial charge in [-0.2, -0.15) is 0 Å². The number of benzene rings is 1. The number of nitrogens with two attached hydrogens (primary N) is 1. The summed E-state index contributed by atoms with van der Waals surface area (Å²) >= 11 is 1.25. The Kier molecular flexibility index (Phi) is 3.68. The van der Waals surface area contributed by atoms with Gasteiger partial charge in [0.25, 0.3) is 10.0 Å². The standard InChI is InChI=1S/C13H14FN3O2S2/c14-11-4-3-10(5-9(11)6-15)21(18,19)17-13-16-12(7-20-13)8-1-2-8/h3-5,7-8H,1-2,6,15H2,(H,16,17). The van der Waals surface area contributed by atoms with Crippen molar-refractivity contribution in [2.75, 3.05) is 4.72 Å². The third kappa shape index (κ3) is 3.07. The second-order valence-electron chi connectivity index (χ2n) is 4.91. The van der Waals surface area contributed by atoms with E-state index >= 15 is 0 Å². The predicted molar refractivity (Wildman–Crippen MR) is 79.2 cm³/mol. The zero-order chi connectivity index (χ0) is 15.0. The van der Waals surface area contributed by atoms with Crippen molar-refractivity contribution in [2.45, 2.75) is 30.2 Å². The molecule has 3 rings (SSSR count). The second kappa shape index (κ2) is 5.36. The number of anilines is 1. The molecule has 1 aromatic carbocycles. The molecule has 21 heavy (non-hydrogen) atoms. The van der Waals surface area contributed by atoms with Crippen LogP contribution >= 0.6 is 11.3 Å². The van der Waals surface area contributed by atoms with Crippen LogP contribution in [0.1, 0.15) is 30.0 Å². The largest absolute Gasteiger partial charge is 0.326 e. The molecule has 1 aliphatic carbocycles. The van der Waals surface area contributed by atoms with Crippen LogP contribution in [-0.4, -0.2) is 13.4 Å². The van der Waals surface area contributed by atoms with E-state index in [0.29, 0.717) is 11.0 Å². The minimum absolute atomic E-state index is 0.0208. The number of hydrogen-bond acceptors (Lipinski definition) is 5. The minimum Gasteiger partial charge on any atom is -0.326 e. The fourth-order valence-electron chi connectivity index (χ4n) is 1.95. The van der Waals surface area contributed by atoms with Crippen LogP contribution in [0.15, 0.2) is 28.5 Å². The molecule has 1 saturated carbocycles. The van der Waals surface area contributed by atoms with Gasteiger partial charge in [-0.25, -0.2) is 17.8 Å². The van der Waals surface area contributed by atoms with Gasteiger partial charge in [0, 0.05) is 23.4 Å². The van der Waals surface area contributed by atoms with Gasteiger partial charge in [-0.3, -0.25) is 4.72 Å². The van der Waals surface area contributed by atoms with E-state index in [1.165, 1.54) is 23.5 Å². The van der Waals surface area contributed by atoms with E-state index in [9.17, 15) is 12.8 Å². The van der Waals surface area contributed by atoms with Gasteiger partial charge in [-0.15, -0.1) is 11.3 Å². The Morgan fingerprint density at radius 2 is 2.19 bits per heavy atom. The van der Waals surface area contributed by atoms with Gasteiger partial charge in [0.1, 0.15) is 5.82 Å². The van der Waals surface area contributed by atoms with Crippen LogP contribution in [0.3, 0.4) is 0 Å². The lowest BCUT2D eigenvalue weighted by atomic mass is 10.2. The molecule has 1 aromatic heterocycles. The summed E-state index contributed by atoms with van der Waals surface area (Å²) in [4.78, 5) is 4.25. The molecule has 0 atom stereocenters. The van der Waals surface area contributed by atoms with Crippen molar-refractivity contribution in [3.05, 3.63) is 40.7 Å². The van der Waals surface area contributed by atoms with E-state index in [0.717, 1.165) is 24.6 Å². The molecule has 2 aromatic rings. The van der Waals surface area contributed by atoms with Crippen LogP contribution in [-0.2, 0) is 16.6 Å². The highest BCUT2D eigenvalue weighted by Crippen LogP contribution is 2.41. The van der Waals surface area contributed by atoms with Crippen molar-refractivity contribution in [2.24, 2.45) is 5.73 Å². The summed E-state index contributed by atoms with van der Waals surface area (Å²) < 4.78 is 40.3. The maximum atomic E-state index is 13.4. The number of hydrogen-bond donors (Lipinski definition) is 2. The van der Waals surface area contributed by atoms with Gasteiger partial charge in [-0.1, -0.05) is 0 Å². The van der Waals surface area contributed by atoms with Gasteiger partial charge in [0.15, 0.2) is 5.13 Å². The number of nitrogens with zero attached hydrogens (tertiary/aromatic N) is 1. The van der Waals surface area contributed by atoms with E-state index < -0.39 is 15.8 Å². The summed E-state index contributed by atoms with van der Waals surface area (Å²) in [5.74, 6) is -0.0455. The first-order valence-corrected chi connectivity index (χ1v) is 8.82. The lowest BCUT2D eigenvalue weighted by molar-refractivity contribution is 0.596. The SMILES string of the molecule is NCc1cc(S(=O)(=O)Nc2nc(C3CC3)cs2)ccc1F. The fourth-order valence-corrected chi connectivity index (χ4v) is 4.04. The van der Waals surface area contributed by atoms with Crippen molar-refractivity contribution in [1.82, 2.24) is 4.98 Å². The summed E-state index contributed by atoms with van der Waals surface area (Å²) in [6.45, 7) is -0.0573. The van der Waals surface area contributed by atoms with Gasteiger partial charge in [-0.05, 0) is 31.0 Å². The molecule has 1 aliphatic rings. The summed E-state index contributed by atoms with van der Waals surface area (Å²) in [6, 6.07) is 3.56. The molecule has 8 heteroatoms. The molecular weight excluding hydrogens is 313 g/mol. The molecular formula is C13H14FN3O2S2. The number of sulfonamides is 1. The number of thiazole rings is 1.